The molecule has 0 radical (unpaired) electrons. The summed E-state index contributed by atoms with van der Waals surface area (Å²) in [5.41, 5.74) is 1.03. The highest BCUT2D eigenvalue weighted by atomic mass is 16.5. The van der Waals surface area contributed by atoms with E-state index in [0.717, 1.165) is 17.7 Å². The van der Waals surface area contributed by atoms with Crippen LogP contribution in [0.25, 0.3) is 0 Å². The van der Waals surface area contributed by atoms with Gasteiger partial charge in [0.05, 0.1) is 25.9 Å². The minimum absolute atomic E-state index is 0.00322. The van der Waals surface area contributed by atoms with Crippen molar-refractivity contribution in [3.8, 4) is 5.75 Å². The molecule has 1 aromatic rings. The van der Waals surface area contributed by atoms with E-state index in [-0.39, 0.29) is 18.6 Å². The van der Waals surface area contributed by atoms with Crippen molar-refractivity contribution in [1.82, 2.24) is 5.32 Å². The van der Waals surface area contributed by atoms with Crippen LogP contribution in [0.2, 0.25) is 0 Å². The summed E-state index contributed by atoms with van der Waals surface area (Å²) in [6.45, 7) is 1.59. The summed E-state index contributed by atoms with van der Waals surface area (Å²) < 4.78 is 15.6. The molecule has 2 rings (SSSR count). The number of fused-ring (bicyclic) bond motifs is 1. The average molecular weight is 265 g/mol. The van der Waals surface area contributed by atoms with E-state index in [2.05, 4.69) is 5.32 Å². The van der Waals surface area contributed by atoms with Crippen molar-refractivity contribution < 1.29 is 19.0 Å². The van der Waals surface area contributed by atoms with Crippen LogP contribution in [-0.4, -0.2) is 39.4 Å². The highest BCUT2D eigenvalue weighted by molar-refractivity contribution is 5.77. The molecule has 1 aliphatic heterocycles. The molecule has 0 aromatic heterocycles. The molecule has 1 unspecified atom stereocenters. The predicted molar refractivity (Wildman–Crippen MR) is 70.1 cm³/mol. The molecule has 1 heterocycles. The summed E-state index contributed by atoms with van der Waals surface area (Å²) in [6.07, 6.45) is 0.779. The first-order valence-corrected chi connectivity index (χ1v) is 6.39. The maximum absolute atomic E-state index is 11.8. The lowest BCUT2D eigenvalue weighted by molar-refractivity contribution is -0.127. The van der Waals surface area contributed by atoms with Gasteiger partial charge in [-0.25, -0.2) is 0 Å². The third kappa shape index (κ3) is 3.94. The van der Waals surface area contributed by atoms with Gasteiger partial charge in [0.1, 0.15) is 12.4 Å². The second-order valence-electron chi connectivity index (χ2n) is 4.34. The fraction of sp³-hybridized carbons (Fsp3) is 0.500. The van der Waals surface area contributed by atoms with E-state index in [4.69, 9.17) is 14.2 Å². The van der Waals surface area contributed by atoms with Crippen LogP contribution < -0.4 is 10.1 Å². The van der Waals surface area contributed by atoms with Crippen molar-refractivity contribution in [3.05, 3.63) is 29.8 Å². The van der Waals surface area contributed by atoms with Gasteiger partial charge in [-0.05, 0) is 6.07 Å². The Kier molecular flexibility index (Phi) is 5.18. The van der Waals surface area contributed by atoms with Crippen LogP contribution in [0.5, 0.6) is 5.75 Å². The number of hydrogen-bond acceptors (Lipinski definition) is 4. The van der Waals surface area contributed by atoms with Crippen molar-refractivity contribution >= 4 is 5.91 Å². The molecule has 1 aromatic carbocycles. The summed E-state index contributed by atoms with van der Waals surface area (Å²) in [6, 6.07) is 7.77. The Morgan fingerprint density at radius 3 is 3.11 bits per heavy atom. The first-order chi connectivity index (χ1) is 9.31. The minimum Gasteiger partial charge on any atom is -0.493 e. The van der Waals surface area contributed by atoms with Gasteiger partial charge < -0.3 is 19.5 Å². The fourth-order valence-corrected chi connectivity index (χ4v) is 2.04. The Hall–Kier alpha value is -1.59. The Morgan fingerprint density at radius 1 is 1.42 bits per heavy atom. The molecule has 0 saturated heterocycles. The number of hydrogen-bond donors (Lipinski definition) is 1. The van der Waals surface area contributed by atoms with Crippen LogP contribution in [-0.2, 0) is 14.3 Å². The summed E-state index contributed by atoms with van der Waals surface area (Å²) in [5.74, 6) is 0.733. The zero-order chi connectivity index (χ0) is 13.5. The zero-order valence-electron chi connectivity index (χ0n) is 11.1. The monoisotopic (exact) mass is 265 g/mol. The number of para-hydroxylation sites is 1. The number of ether oxygens (including phenoxy) is 3. The van der Waals surface area contributed by atoms with Gasteiger partial charge in [0.2, 0.25) is 5.91 Å². The van der Waals surface area contributed by atoms with Gasteiger partial charge >= 0.3 is 0 Å². The van der Waals surface area contributed by atoms with Crippen LogP contribution in [0.1, 0.15) is 18.0 Å². The molecule has 19 heavy (non-hydrogen) atoms. The van der Waals surface area contributed by atoms with E-state index in [9.17, 15) is 4.79 Å². The molecule has 1 amide bonds. The van der Waals surface area contributed by atoms with E-state index in [1.165, 1.54) is 0 Å². The van der Waals surface area contributed by atoms with Crippen molar-refractivity contribution in [2.75, 3.05) is 33.5 Å². The quantitative estimate of drug-likeness (QED) is 0.787. The summed E-state index contributed by atoms with van der Waals surface area (Å²) >= 11 is 0. The molecular weight excluding hydrogens is 246 g/mol. The fourth-order valence-electron chi connectivity index (χ4n) is 2.04. The van der Waals surface area contributed by atoms with Crippen LogP contribution in [0.3, 0.4) is 0 Å². The van der Waals surface area contributed by atoms with Crippen molar-refractivity contribution in [2.45, 2.75) is 12.5 Å². The topological polar surface area (TPSA) is 56.8 Å². The highest BCUT2D eigenvalue weighted by Gasteiger charge is 2.22. The molecule has 0 spiro atoms. The lowest BCUT2D eigenvalue weighted by atomic mass is 10.0. The smallest absolute Gasteiger partial charge is 0.246 e. The molecule has 1 aliphatic rings. The summed E-state index contributed by atoms with van der Waals surface area (Å²) in [4.78, 5) is 11.8. The van der Waals surface area contributed by atoms with Gasteiger partial charge in [0.15, 0.2) is 0 Å². The van der Waals surface area contributed by atoms with E-state index in [1.807, 2.05) is 24.3 Å². The van der Waals surface area contributed by atoms with Gasteiger partial charge in [0, 0.05) is 19.1 Å². The van der Waals surface area contributed by atoms with Crippen LogP contribution in [0.15, 0.2) is 24.3 Å². The third-order valence-corrected chi connectivity index (χ3v) is 2.96. The number of benzene rings is 1. The largest absolute Gasteiger partial charge is 0.493 e. The Bertz CT molecular complexity index is 422. The first kappa shape index (κ1) is 13.8. The van der Waals surface area contributed by atoms with Crippen LogP contribution >= 0.6 is 0 Å². The molecule has 5 heteroatoms. The van der Waals surface area contributed by atoms with Crippen molar-refractivity contribution in [2.24, 2.45) is 0 Å². The number of carbonyl (C=O) groups excluding carboxylic acids is 1. The van der Waals surface area contributed by atoms with Gasteiger partial charge in [-0.15, -0.1) is 0 Å². The highest BCUT2D eigenvalue weighted by Crippen LogP contribution is 2.31. The molecule has 1 N–H and O–H groups in total. The maximum Gasteiger partial charge on any atom is 0.246 e. The second-order valence-corrected chi connectivity index (χ2v) is 4.34. The molecular formula is C14H19NO4. The second kappa shape index (κ2) is 7.11. The zero-order valence-corrected chi connectivity index (χ0v) is 11.1. The van der Waals surface area contributed by atoms with Crippen LogP contribution in [0.4, 0.5) is 0 Å². The van der Waals surface area contributed by atoms with Crippen molar-refractivity contribution in [3.63, 3.8) is 0 Å². The van der Waals surface area contributed by atoms with Gasteiger partial charge in [-0.1, -0.05) is 18.2 Å². The number of rotatable bonds is 6. The van der Waals surface area contributed by atoms with Crippen molar-refractivity contribution in [1.29, 1.82) is 0 Å². The SMILES string of the molecule is COCCOCC(=O)NC1CCOc2ccccc21. The van der Waals surface area contributed by atoms with Gasteiger partial charge in [0.25, 0.3) is 0 Å². The lowest BCUT2D eigenvalue weighted by Gasteiger charge is -2.26. The number of methoxy groups -OCH3 is 1. The average Bonchev–Trinajstić information content (AvgIpc) is 2.44. The Morgan fingerprint density at radius 2 is 2.26 bits per heavy atom. The normalized spacial score (nSPS) is 17.4. The van der Waals surface area contributed by atoms with Gasteiger partial charge in [-0.3, -0.25) is 4.79 Å². The standard InChI is InChI=1S/C14H19NO4/c1-17-8-9-18-10-14(16)15-12-6-7-19-13-5-3-2-4-11(12)13/h2-5,12H,6-10H2,1H3,(H,15,16). The first-order valence-electron chi connectivity index (χ1n) is 6.39. The van der Waals surface area contributed by atoms with Crippen LogP contribution in [0, 0.1) is 0 Å². The molecule has 0 saturated carbocycles. The molecule has 0 aliphatic carbocycles. The minimum atomic E-state index is -0.113. The predicted octanol–water partition coefficient (Wildman–Crippen LogP) is 1.29. The Balaban J connectivity index is 1.85. The summed E-state index contributed by atoms with van der Waals surface area (Å²) in [5, 5.41) is 2.97. The number of nitrogens with one attached hydrogen (secondary N) is 1. The molecule has 1 atom stereocenters. The van der Waals surface area contributed by atoms with E-state index in [0.29, 0.717) is 19.8 Å². The van der Waals surface area contributed by atoms with E-state index < -0.39 is 0 Å². The Labute approximate surface area is 112 Å². The maximum atomic E-state index is 11.8. The number of carbonyl (C=O) groups is 1. The molecule has 0 bridgehead atoms. The molecule has 5 nitrogen and oxygen atoms in total. The van der Waals surface area contributed by atoms with E-state index in [1.54, 1.807) is 7.11 Å². The number of amides is 1. The molecule has 0 fully saturated rings. The lowest BCUT2D eigenvalue weighted by Crippen LogP contribution is -2.34. The van der Waals surface area contributed by atoms with Gasteiger partial charge in [-0.2, -0.15) is 0 Å². The third-order valence-electron chi connectivity index (χ3n) is 2.96. The molecule has 104 valence electrons. The summed E-state index contributed by atoms with van der Waals surface area (Å²) in [7, 11) is 1.60. The van der Waals surface area contributed by atoms with E-state index >= 15 is 0 Å².